The Balaban J connectivity index is 1.66. The molecule has 0 spiro atoms. The van der Waals surface area contributed by atoms with Crippen molar-refractivity contribution in [2.45, 2.75) is 0 Å². The minimum atomic E-state index is -0.775. The number of thiazole rings is 1. The van der Waals surface area contributed by atoms with Crippen LogP contribution in [0.5, 0.6) is 5.88 Å². The molecule has 1 aromatic heterocycles. The fourth-order valence-corrected chi connectivity index (χ4v) is 3.83. The minimum Gasteiger partial charge on any atom is -0.492 e. The summed E-state index contributed by atoms with van der Waals surface area (Å²) in [5, 5.41) is 23.0. The Kier molecular flexibility index (Phi) is 4.74. The van der Waals surface area contributed by atoms with Crippen molar-refractivity contribution in [1.82, 2.24) is 4.68 Å². The summed E-state index contributed by atoms with van der Waals surface area (Å²) in [6.07, 6.45) is 1.55. The van der Waals surface area contributed by atoms with Crippen molar-refractivity contribution < 1.29 is 14.8 Å². The topological polar surface area (TPSA) is 122 Å². The third-order valence-corrected chi connectivity index (χ3v) is 5.29. The van der Waals surface area contributed by atoms with E-state index in [9.17, 15) is 20.0 Å². The monoisotopic (exact) mass is 425 g/mol. The zero-order valence-corrected chi connectivity index (χ0v) is 16.1. The Hall–Kier alpha value is -3.70. The molecule has 0 saturated heterocycles. The second-order valence-corrected chi connectivity index (χ2v) is 7.50. The molecule has 9 nitrogen and oxygen atoms in total. The van der Waals surface area contributed by atoms with E-state index in [4.69, 9.17) is 12.2 Å². The van der Waals surface area contributed by atoms with Gasteiger partial charge in [0.25, 0.3) is 11.6 Å². The number of benzene rings is 2. The van der Waals surface area contributed by atoms with Gasteiger partial charge in [-0.15, -0.1) is 0 Å². The highest BCUT2D eigenvalue weighted by Gasteiger charge is 2.21. The maximum Gasteiger partial charge on any atom is 0.282 e. The van der Waals surface area contributed by atoms with E-state index in [1.165, 1.54) is 24.3 Å². The predicted octanol–water partition coefficient (Wildman–Crippen LogP) is 2.53. The molecule has 0 bridgehead atoms. The smallest absolute Gasteiger partial charge is 0.282 e. The number of hydrogen-bond acceptors (Lipinski definition) is 8. The highest BCUT2D eigenvalue weighted by Crippen LogP contribution is 2.28. The van der Waals surface area contributed by atoms with Gasteiger partial charge in [0.2, 0.25) is 5.88 Å². The number of para-hydroxylation sites is 3. The van der Waals surface area contributed by atoms with Gasteiger partial charge in [0, 0.05) is 12.1 Å². The van der Waals surface area contributed by atoms with Crippen LogP contribution < -0.4 is 16.1 Å². The van der Waals surface area contributed by atoms with Crippen molar-refractivity contribution in [3.63, 3.8) is 0 Å². The highest BCUT2D eigenvalue weighted by atomic mass is 32.1. The summed E-state index contributed by atoms with van der Waals surface area (Å²) in [4.78, 5) is 32.0. The maximum absolute atomic E-state index is 12.5. The van der Waals surface area contributed by atoms with Gasteiger partial charge in [0.15, 0.2) is 9.78 Å². The fraction of sp³-hybridized carbons (Fsp3) is 0. The van der Waals surface area contributed by atoms with Crippen molar-refractivity contribution in [3.8, 4) is 5.88 Å². The summed E-state index contributed by atoms with van der Waals surface area (Å²) in [6, 6.07) is 12.8. The summed E-state index contributed by atoms with van der Waals surface area (Å²) in [6.45, 7) is 0. The van der Waals surface area contributed by atoms with Gasteiger partial charge in [-0.1, -0.05) is 35.6 Å². The first-order valence-corrected chi connectivity index (χ1v) is 9.40. The molecular weight excluding hydrogens is 414 g/mol. The van der Waals surface area contributed by atoms with Crippen molar-refractivity contribution >= 4 is 41.2 Å². The van der Waals surface area contributed by atoms with Crippen LogP contribution in [0.25, 0.3) is 6.08 Å². The first kappa shape index (κ1) is 18.7. The number of nitrogens with zero attached hydrogens (tertiary/aromatic N) is 4. The molecule has 1 amide bonds. The molecule has 2 heterocycles. The van der Waals surface area contributed by atoms with Crippen LogP contribution in [0.3, 0.4) is 0 Å². The average Bonchev–Trinajstić information content (AvgIpc) is 3.23. The first-order chi connectivity index (χ1) is 13.9. The Labute approximate surface area is 171 Å². The Morgan fingerprint density at radius 2 is 1.79 bits per heavy atom. The third-order valence-electron chi connectivity index (χ3n) is 3.98. The van der Waals surface area contributed by atoms with Crippen molar-refractivity contribution in [1.29, 1.82) is 0 Å². The van der Waals surface area contributed by atoms with Gasteiger partial charge in [0.05, 0.1) is 20.5 Å². The zero-order chi connectivity index (χ0) is 20.5. The Bertz CT molecular complexity index is 1340. The third kappa shape index (κ3) is 3.56. The number of hydrogen-bond donors (Lipinski definition) is 2. The van der Waals surface area contributed by atoms with Crippen LogP contribution in [0, 0.1) is 14.1 Å². The van der Waals surface area contributed by atoms with Gasteiger partial charge in [-0.2, -0.15) is 4.68 Å². The van der Waals surface area contributed by atoms with Crippen LogP contribution in [0.15, 0.2) is 64.3 Å². The average molecular weight is 425 g/mol. The molecule has 3 aromatic rings. The molecule has 2 aromatic carbocycles. The molecular formula is C18H11N5O4S2. The molecule has 0 radical (unpaired) electrons. The van der Waals surface area contributed by atoms with Gasteiger partial charge in [0.1, 0.15) is 5.56 Å². The van der Waals surface area contributed by atoms with Crippen molar-refractivity contribution in [3.05, 3.63) is 89.6 Å². The van der Waals surface area contributed by atoms with E-state index in [2.05, 4.69) is 15.4 Å². The van der Waals surface area contributed by atoms with Gasteiger partial charge in [-0.3, -0.25) is 20.3 Å². The standard InChI is InChI=1S/C18H11N5O4S2/c24-16(10-5-1-4-8-13(10)23(26)27)21-22-17(25)14(29-18(22)28)9-15-19-11-6-2-3-7-12(11)20-15/h1-9,25H,(H,21,24). The first-order valence-electron chi connectivity index (χ1n) is 8.18. The number of carbonyl (C=O) groups is 1. The number of aromatic hydroxyl groups is 1. The van der Waals surface area contributed by atoms with Gasteiger partial charge >= 0.3 is 0 Å². The zero-order valence-electron chi connectivity index (χ0n) is 14.5. The number of nitro benzene ring substituents is 1. The molecule has 1 aliphatic heterocycles. The second kappa shape index (κ2) is 7.37. The number of nitro groups is 1. The van der Waals surface area contributed by atoms with Gasteiger partial charge in [-0.05, 0) is 30.4 Å². The van der Waals surface area contributed by atoms with E-state index in [0.29, 0.717) is 21.4 Å². The van der Waals surface area contributed by atoms with Gasteiger partial charge < -0.3 is 5.11 Å². The lowest BCUT2D eigenvalue weighted by atomic mass is 10.2. The highest BCUT2D eigenvalue weighted by molar-refractivity contribution is 7.73. The quantitative estimate of drug-likeness (QED) is 0.378. The lowest BCUT2D eigenvalue weighted by Crippen LogP contribution is -2.23. The van der Waals surface area contributed by atoms with Crippen LogP contribution in [-0.4, -0.2) is 20.6 Å². The molecule has 29 heavy (non-hydrogen) atoms. The van der Waals surface area contributed by atoms with Crippen LogP contribution >= 0.6 is 23.6 Å². The number of nitrogens with one attached hydrogen (secondary N) is 1. The fourth-order valence-electron chi connectivity index (χ4n) is 2.67. The molecule has 4 rings (SSSR count). The minimum absolute atomic E-state index is 0.150. The van der Waals surface area contributed by atoms with E-state index in [-0.39, 0.29) is 21.1 Å². The SMILES string of the molecule is O=C(Nn1c(O)c(C=C2N=c3ccccc3=N2)sc1=S)c1ccccc1[N+](=O)[O-]. The molecule has 0 fully saturated rings. The summed E-state index contributed by atoms with van der Waals surface area (Å²) in [5.74, 6) is -0.709. The predicted molar refractivity (Wildman–Crippen MR) is 108 cm³/mol. The summed E-state index contributed by atoms with van der Waals surface area (Å²) in [7, 11) is 0. The normalized spacial score (nSPS) is 11.9. The van der Waals surface area contributed by atoms with Crippen LogP contribution in [0.1, 0.15) is 15.2 Å². The summed E-state index contributed by atoms with van der Waals surface area (Å²) >= 11 is 6.24. The van der Waals surface area contributed by atoms with Crippen LogP contribution in [0.2, 0.25) is 0 Å². The molecule has 2 N–H and O–H groups in total. The van der Waals surface area contributed by atoms with E-state index in [0.717, 1.165) is 16.0 Å². The Morgan fingerprint density at radius 1 is 1.17 bits per heavy atom. The van der Waals surface area contributed by atoms with E-state index in [1.807, 2.05) is 24.3 Å². The lowest BCUT2D eigenvalue weighted by Gasteiger charge is -2.07. The number of aromatic nitrogens is 1. The number of carbonyl (C=O) groups excluding carboxylic acids is 1. The molecule has 0 atom stereocenters. The van der Waals surface area contributed by atoms with Crippen molar-refractivity contribution in [2.24, 2.45) is 9.98 Å². The largest absolute Gasteiger partial charge is 0.492 e. The van der Waals surface area contributed by atoms with Crippen LogP contribution in [0.4, 0.5) is 5.69 Å². The molecule has 11 heteroatoms. The summed E-state index contributed by atoms with van der Waals surface area (Å²) < 4.78 is 1.14. The van der Waals surface area contributed by atoms with E-state index >= 15 is 0 Å². The van der Waals surface area contributed by atoms with E-state index < -0.39 is 10.8 Å². The molecule has 0 unspecified atom stereocenters. The molecule has 1 aliphatic rings. The van der Waals surface area contributed by atoms with Gasteiger partial charge in [-0.25, -0.2) is 9.98 Å². The Morgan fingerprint density at radius 3 is 2.45 bits per heavy atom. The lowest BCUT2D eigenvalue weighted by molar-refractivity contribution is -0.385. The van der Waals surface area contributed by atoms with Crippen molar-refractivity contribution in [2.75, 3.05) is 5.43 Å². The molecule has 0 saturated carbocycles. The maximum atomic E-state index is 12.5. The van der Waals surface area contributed by atoms with E-state index in [1.54, 1.807) is 6.08 Å². The van der Waals surface area contributed by atoms with Crippen LogP contribution in [-0.2, 0) is 0 Å². The molecule has 144 valence electrons. The summed E-state index contributed by atoms with van der Waals surface area (Å²) in [5.41, 5.74) is 1.89. The molecule has 0 aliphatic carbocycles. The second-order valence-electron chi connectivity index (χ2n) is 5.82. The number of amides is 1. The number of fused-ring (bicyclic) bond motifs is 1. The number of rotatable bonds is 4.